The Kier molecular flexibility index (Phi) is 11.6. The fourth-order valence-electron chi connectivity index (χ4n) is 3.99. The molecular weight excluding hydrogens is 430 g/mol. The SMILES string of the molecule is CC(C(=O)Nc1cccc(F)c1)N1CCN(C(=O)CCC2CCNCC2)CC1.Cl.Cl. The van der Waals surface area contributed by atoms with Crippen LogP contribution in [0.15, 0.2) is 24.3 Å². The Morgan fingerprint density at radius 2 is 1.83 bits per heavy atom. The van der Waals surface area contributed by atoms with Gasteiger partial charge in [-0.15, -0.1) is 24.8 Å². The molecule has 2 aliphatic rings. The first-order valence-corrected chi connectivity index (χ1v) is 10.3. The van der Waals surface area contributed by atoms with Gasteiger partial charge in [0.1, 0.15) is 5.82 Å². The van der Waals surface area contributed by atoms with E-state index in [0.717, 1.165) is 19.5 Å². The summed E-state index contributed by atoms with van der Waals surface area (Å²) >= 11 is 0. The summed E-state index contributed by atoms with van der Waals surface area (Å²) < 4.78 is 13.3. The van der Waals surface area contributed by atoms with Crippen LogP contribution in [0.2, 0.25) is 0 Å². The number of hydrogen-bond acceptors (Lipinski definition) is 4. The number of carbonyl (C=O) groups excluding carboxylic acids is 2. The number of nitrogens with zero attached hydrogens (tertiary/aromatic N) is 2. The fourth-order valence-corrected chi connectivity index (χ4v) is 3.99. The summed E-state index contributed by atoms with van der Waals surface area (Å²) in [6.45, 7) is 6.64. The maximum Gasteiger partial charge on any atom is 0.241 e. The maximum absolute atomic E-state index is 13.3. The molecule has 0 spiro atoms. The van der Waals surface area contributed by atoms with E-state index in [1.807, 2.05) is 11.8 Å². The van der Waals surface area contributed by atoms with Crippen molar-refractivity contribution in [2.45, 2.75) is 38.6 Å². The second-order valence-corrected chi connectivity index (χ2v) is 7.82. The minimum absolute atomic E-state index is 0. The third-order valence-electron chi connectivity index (χ3n) is 5.91. The molecule has 1 atom stereocenters. The average Bonchev–Trinajstić information content (AvgIpc) is 2.72. The first kappa shape index (κ1) is 26.6. The number of piperidine rings is 1. The summed E-state index contributed by atoms with van der Waals surface area (Å²) in [5.74, 6) is 0.367. The van der Waals surface area contributed by atoms with E-state index in [2.05, 4.69) is 15.5 Å². The number of nitrogens with one attached hydrogen (secondary N) is 2. The summed E-state index contributed by atoms with van der Waals surface area (Å²) in [7, 11) is 0. The number of carbonyl (C=O) groups is 2. The van der Waals surface area contributed by atoms with Gasteiger partial charge in [-0.25, -0.2) is 4.39 Å². The molecule has 170 valence electrons. The Labute approximate surface area is 190 Å². The van der Waals surface area contributed by atoms with Crippen molar-refractivity contribution < 1.29 is 14.0 Å². The minimum Gasteiger partial charge on any atom is -0.340 e. The zero-order valence-electron chi connectivity index (χ0n) is 17.4. The zero-order chi connectivity index (χ0) is 19.9. The third-order valence-corrected chi connectivity index (χ3v) is 5.91. The Morgan fingerprint density at radius 1 is 1.17 bits per heavy atom. The lowest BCUT2D eigenvalue weighted by molar-refractivity contribution is -0.134. The largest absolute Gasteiger partial charge is 0.340 e. The van der Waals surface area contributed by atoms with Crippen molar-refractivity contribution in [3.8, 4) is 0 Å². The lowest BCUT2D eigenvalue weighted by atomic mass is 9.93. The maximum atomic E-state index is 13.3. The number of halogens is 3. The monoisotopic (exact) mass is 462 g/mol. The van der Waals surface area contributed by atoms with Crippen LogP contribution in [-0.2, 0) is 9.59 Å². The summed E-state index contributed by atoms with van der Waals surface area (Å²) in [5, 5.41) is 6.12. The second kappa shape index (κ2) is 13.1. The standard InChI is InChI=1S/C21H31FN4O2.2ClH/c1-16(21(28)24-19-4-2-3-18(22)15-19)25-11-13-26(14-12-25)20(27)6-5-17-7-9-23-10-8-17;;/h2-4,15-17,23H,5-14H2,1H3,(H,24,28);2*1H. The van der Waals surface area contributed by atoms with Gasteiger partial charge >= 0.3 is 0 Å². The van der Waals surface area contributed by atoms with Crippen molar-refractivity contribution in [3.05, 3.63) is 30.1 Å². The Hall–Kier alpha value is -1.41. The van der Waals surface area contributed by atoms with Crippen LogP contribution in [0.3, 0.4) is 0 Å². The van der Waals surface area contributed by atoms with E-state index < -0.39 is 0 Å². The molecule has 3 rings (SSSR count). The summed E-state index contributed by atoms with van der Waals surface area (Å²) in [6, 6.07) is 5.58. The van der Waals surface area contributed by atoms with Gasteiger partial charge in [-0.1, -0.05) is 6.07 Å². The molecule has 0 radical (unpaired) electrons. The van der Waals surface area contributed by atoms with E-state index in [1.54, 1.807) is 12.1 Å². The highest BCUT2D eigenvalue weighted by Gasteiger charge is 2.27. The molecular formula is C21H33Cl2FN4O2. The molecule has 0 saturated carbocycles. The van der Waals surface area contributed by atoms with Gasteiger partial charge in [-0.05, 0) is 63.4 Å². The molecule has 2 fully saturated rings. The number of anilines is 1. The molecule has 0 aromatic heterocycles. The number of amides is 2. The molecule has 1 unspecified atom stereocenters. The second-order valence-electron chi connectivity index (χ2n) is 7.82. The lowest BCUT2D eigenvalue weighted by Crippen LogP contribution is -2.54. The van der Waals surface area contributed by atoms with Gasteiger partial charge in [-0.2, -0.15) is 0 Å². The summed E-state index contributed by atoms with van der Waals surface area (Å²) in [5.41, 5.74) is 0.462. The molecule has 1 aromatic rings. The molecule has 2 N–H and O–H groups in total. The molecule has 6 nitrogen and oxygen atoms in total. The van der Waals surface area contributed by atoms with Gasteiger partial charge in [0.05, 0.1) is 6.04 Å². The zero-order valence-corrected chi connectivity index (χ0v) is 19.1. The molecule has 2 heterocycles. The van der Waals surface area contributed by atoms with E-state index in [1.165, 1.54) is 25.0 Å². The van der Waals surface area contributed by atoms with Gasteiger partial charge in [-0.3, -0.25) is 14.5 Å². The minimum atomic E-state index is -0.373. The van der Waals surface area contributed by atoms with E-state index in [4.69, 9.17) is 0 Å². The Balaban J connectivity index is 0.00000225. The quantitative estimate of drug-likeness (QED) is 0.681. The number of hydrogen-bond donors (Lipinski definition) is 2. The smallest absolute Gasteiger partial charge is 0.241 e. The van der Waals surface area contributed by atoms with Crippen molar-refractivity contribution in [2.24, 2.45) is 5.92 Å². The van der Waals surface area contributed by atoms with Crippen LogP contribution >= 0.6 is 24.8 Å². The predicted octanol–water partition coefficient (Wildman–Crippen LogP) is 2.92. The summed E-state index contributed by atoms with van der Waals surface area (Å²) in [4.78, 5) is 29.0. The van der Waals surface area contributed by atoms with E-state index in [0.29, 0.717) is 44.2 Å². The molecule has 0 bridgehead atoms. The van der Waals surface area contributed by atoms with E-state index in [9.17, 15) is 14.0 Å². The van der Waals surface area contributed by atoms with Crippen LogP contribution in [0.5, 0.6) is 0 Å². The van der Waals surface area contributed by atoms with Gasteiger partial charge in [0.15, 0.2) is 0 Å². The first-order valence-electron chi connectivity index (χ1n) is 10.3. The van der Waals surface area contributed by atoms with Crippen LogP contribution in [-0.4, -0.2) is 66.9 Å². The van der Waals surface area contributed by atoms with Crippen molar-refractivity contribution in [1.82, 2.24) is 15.1 Å². The molecule has 1 aromatic carbocycles. The van der Waals surface area contributed by atoms with E-state index >= 15 is 0 Å². The average molecular weight is 463 g/mol. The Bertz CT molecular complexity index is 681. The molecule has 2 aliphatic heterocycles. The number of benzene rings is 1. The van der Waals surface area contributed by atoms with Crippen LogP contribution in [0.25, 0.3) is 0 Å². The molecule has 2 amide bonds. The summed E-state index contributed by atoms with van der Waals surface area (Å²) in [6.07, 6.45) is 3.94. The highest BCUT2D eigenvalue weighted by Crippen LogP contribution is 2.19. The van der Waals surface area contributed by atoms with Crippen LogP contribution < -0.4 is 10.6 Å². The van der Waals surface area contributed by atoms with Crippen molar-refractivity contribution in [1.29, 1.82) is 0 Å². The van der Waals surface area contributed by atoms with Crippen LogP contribution in [0.1, 0.15) is 32.6 Å². The number of piperazine rings is 1. The van der Waals surface area contributed by atoms with Gasteiger partial charge in [0.2, 0.25) is 11.8 Å². The van der Waals surface area contributed by atoms with Gasteiger partial charge in [0, 0.05) is 38.3 Å². The number of rotatable bonds is 6. The predicted molar refractivity (Wildman–Crippen MR) is 122 cm³/mol. The Morgan fingerprint density at radius 3 is 2.47 bits per heavy atom. The fraction of sp³-hybridized carbons (Fsp3) is 0.619. The van der Waals surface area contributed by atoms with Gasteiger partial charge < -0.3 is 15.5 Å². The highest BCUT2D eigenvalue weighted by atomic mass is 35.5. The first-order chi connectivity index (χ1) is 13.5. The van der Waals surface area contributed by atoms with Gasteiger partial charge in [0.25, 0.3) is 0 Å². The van der Waals surface area contributed by atoms with Crippen molar-refractivity contribution in [3.63, 3.8) is 0 Å². The molecule has 9 heteroatoms. The van der Waals surface area contributed by atoms with Crippen LogP contribution in [0, 0.1) is 11.7 Å². The molecule has 30 heavy (non-hydrogen) atoms. The van der Waals surface area contributed by atoms with Crippen molar-refractivity contribution in [2.75, 3.05) is 44.6 Å². The highest BCUT2D eigenvalue weighted by molar-refractivity contribution is 5.94. The topological polar surface area (TPSA) is 64.7 Å². The normalized spacial score (nSPS) is 18.7. The van der Waals surface area contributed by atoms with Crippen LogP contribution in [0.4, 0.5) is 10.1 Å². The van der Waals surface area contributed by atoms with E-state index in [-0.39, 0.29) is 48.5 Å². The molecule has 2 saturated heterocycles. The lowest BCUT2D eigenvalue weighted by Gasteiger charge is -2.37. The molecule has 0 aliphatic carbocycles. The van der Waals surface area contributed by atoms with Crippen molar-refractivity contribution >= 4 is 42.3 Å². The third kappa shape index (κ3) is 7.69.